The molecule has 0 atom stereocenters. The lowest BCUT2D eigenvalue weighted by molar-refractivity contribution is 1.07. The molecule has 0 unspecified atom stereocenters. The minimum absolute atomic E-state index is 0.534. The number of nitriles is 1. The highest BCUT2D eigenvalue weighted by atomic mass is 15.0. The van der Waals surface area contributed by atoms with Crippen molar-refractivity contribution in [1.29, 1.82) is 5.26 Å². The van der Waals surface area contributed by atoms with Gasteiger partial charge in [-0.2, -0.15) is 5.26 Å². The van der Waals surface area contributed by atoms with Gasteiger partial charge in [0.05, 0.1) is 22.7 Å². The minimum atomic E-state index is 0.534. The van der Waals surface area contributed by atoms with E-state index in [-0.39, 0.29) is 0 Å². The van der Waals surface area contributed by atoms with Crippen LogP contribution in [0.15, 0.2) is 170 Å². The maximum absolute atomic E-state index is 10.3. The number of fused-ring (bicyclic) bond motifs is 3. The highest BCUT2D eigenvalue weighted by Gasteiger charge is 2.20. The number of benzene rings is 7. The Morgan fingerprint density at radius 2 is 1.04 bits per heavy atom. The first-order valence-electron chi connectivity index (χ1n) is 17.3. The first-order valence-corrected chi connectivity index (χ1v) is 17.3. The molecular weight excluding hydrogens is 635 g/mol. The molecule has 9 aromatic rings. The van der Waals surface area contributed by atoms with Crippen LogP contribution < -0.4 is 0 Å². The molecule has 0 bridgehead atoms. The Labute approximate surface area is 301 Å². The van der Waals surface area contributed by atoms with Crippen molar-refractivity contribution < 1.29 is 0 Å². The zero-order chi connectivity index (χ0) is 35.0. The number of aromatic nitrogens is 4. The summed E-state index contributed by atoms with van der Waals surface area (Å²) in [7, 11) is 0. The molecule has 0 fully saturated rings. The van der Waals surface area contributed by atoms with Gasteiger partial charge in [-0.25, -0.2) is 15.0 Å². The van der Waals surface area contributed by atoms with E-state index < -0.39 is 0 Å². The van der Waals surface area contributed by atoms with Gasteiger partial charge in [-0.15, -0.1) is 0 Å². The van der Waals surface area contributed by atoms with Crippen LogP contribution in [0, 0.1) is 18.3 Å². The second kappa shape index (κ2) is 12.9. The number of nitrogens with zero attached hydrogens (tertiary/aromatic N) is 5. The lowest BCUT2D eigenvalue weighted by Gasteiger charge is -2.16. The standard InChI is InChI=1S/C47H31N5/c1-31-14-8-10-20-37(31)34-24-27-44-42(28-34)39-22-12-13-23-43(39)52(44)36-25-26-40(41(29-36)38-21-11-9-19-35(38)30-48)47-50-45(32-15-4-2-5-16-32)49-46(51-47)33-17-6-3-7-18-33/h2-29H,1H3. The van der Waals surface area contributed by atoms with Gasteiger partial charge >= 0.3 is 0 Å². The molecule has 2 heterocycles. The van der Waals surface area contributed by atoms with Crippen molar-refractivity contribution in [2.24, 2.45) is 0 Å². The molecule has 7 aromatic carbocycles. The Morgan fingerprint density at radius 3 is 1.75 bits per heavy atom. The zero-order valence-electron chi connectivity index (χ0n) is 28.4. The van der Waals surface area contributed by atoms with Gasteiger partial charge in [0.1, 0.15) is 0 Å². The predicted molar refractivity (Wildman–Crippen MR) is 211 cm³/mol. The second-order valence-corrected chi connectivity index (χ2v) is 12.8. The van der Waals surface area contributed by atoms with E-state index in [1.54, 1.807) is 0 Å². The quantitative estimate of drug-likeness (QED) is 0.177. The molecule has 5 nitrogen and oxygen atoms in total. The fourth-order valence-corrected chi connectivity index (χ4v) is 7.15. The number of aryl methyl sites for hydroxylation is 1. The molecular formula is C47H31N5. The number of para-hydroxylation sites is 1. The third-order valence-electron chi connectivity index (χ3n) is 9.67. The molecule has 0 saturated carbocycles. The Morgan fingerprint density at radius 1 is 0.442 bits per heavy atom. The van der Waals surface area contributed by atoms with Crippen LogP contribution in [0.3, 0.4) is 0 Å². The average Bonchev–Trinajstić information content (AvgIpc) is 3.55. The van der Waals surface area contributed by atoms with E-state index in [9.17, 15) is 5.26 Å². The molecule has 0 amide bonds. The summed E-state index contributed by atoms with van der Waals surface area (Å²) in [4.78, 5) is 15.1. The Bertz CT molecular complexity index is 2750. The van der Waals surface area contributed by atoms with E-state index in [1.165, 1.54) is 27.5 Å². The highest BCUT2D eigenvalue weighted by molar-refractivity contribution is 6.10. The van der Waals surface area contributed by atoms with Crippen LogP contribution in [0.5, 0.6) is 0 Å². The molecule has 0 saturated heterocycles. The van der Waals surface area contributed by atoms with Crippen molar-refractivity contribution >= 4 is 21.8 Å². The SMILES string of the molecule is Cc1ccccc1-c1ccc2c(c1)c1ccccc1n2-c1ccc(-c2nc(-c3ccccc3)nc(-c3ccccc3)n2)c(-c2ccccc2C#N)c1. The lowest BCUT2D eigenvalue weighted by Crippen LogP contribution is -2.02. The van der Waals surface area contributed by atoms with Gasteiger partial charge in [-0.3, -0.25) is 0 Å². The predicted octanol–water partition coefficient (Wildman–Crippen LogP) is 11.5. The molecule has 5 heteroatoms. The van der Waals surface area contributed by atoms with Crippen molar-refractivity contribution in [2.75, 3.05) is 0 Å². The smallest absolute Gasteiger partial charge is 0.164 e. The normalized spacial score (nSPS) is 11.2. The summed E-state index contributed by atoms with van der Waals surface area (Å²) in [6.07, 6.45) is 0. The van der Waals surface area contributed by atoms with E-state index in [1.807, 2.05) is 84.9 Å². The Balaban J connectivity index is 1.30. The summed E-state index contributed by atoms with van der Waals surface area (Å²) in [5.74, 6) is 1.70. The van der Waals surface area contributed by atoms with E-state index in [0.717, 1.165) is 44.5 Å². The van der Waals surface area contributed by atoms with E-state index in [4.69, 9.17) is 15.0 Å². The fraction of sp³-hybridized carbons (Fsp3) is 0.0213. The van der Waals surface area contributed by atoms with Gasteiger partial charge < -0.3 is 4.57 Å². The van der Waals surface area contributed by atoms with Crippen molar-refractivity contribution in [1.82, 2.24) is 19.5 Å². The summed E-state index contributed by atoms with van der Waals surface area (Å²) in [5.41, 5.74) is 11.7. The van der Waals surface area contributed by atoms with Gasteiger partial charge in [-0.05, 0) is 71.6 Å². The monoisotopic (exact) mass is 665 g/mol. The number of rotatable bonds is 6. The second-order valence-electron chi connectivity index (χ2n) is 12.8. The summed E-state index contributed by atoms with van der Waals surface area (Å²) < 4.78 is 2.31. The van der Waals surface area contributed by atoms with Crippen LogP contribution in [0.25, 0.3) is 83.9 Å². The van der Waals surface area contributed by atoms with E-state index in [2.05, 4.69) is 102 Å². The molecule has 244 valence electrons. The van der Waals surface area contributed by atoms with Gasteiger partial charge in [0, 0.05) is 38.7 Å². The van der Waals surface area contributed by atoms with Crippen LogP contribution in [0.4, 0.5) is 0 Å². The topological polar surface area (TPSA) is 67.4 Å². The molecule has 0 N–H and O–H groups in total. The maximum atomic E-state index is 10.3. The number of hydrogen-bond donors (Lipinski definition) is 0. The van der Waals surface area contributed by atoms with Gasteiger partial charge in [0.25, 0.3) is 0 Å². The van der Waals surface area contributed by atoms with Crippen LogP contribution in [-0.4, -0.2) is 19.5 Å². The lowest BCUT2D eigenvalue weighted by atomic mass is 9.94. The van der Waals surface area contributed by atoms with Crippen molar-refractivity contribution in [3.8, 4) is 68.2 Å². The van der Waals surface area contributed by atoms with Gasteiger partial charge in [-0.1, -0.05) is 127 Å². The van der Waals surface area contributed by atoms with E-state index in [0.29, 0.717) is 23.0 Å². The van der Waals surface area contributed by atoms with E-state index >= 15 is 0 Å². The minimum Gasteiger partial charge on any atom is -0.309 e. The summed E-state index contributed by atoms with van der Waals surface area (Å²) in [6.45, 7) is 2.16. The summed E-state index contributed by atoms with van der Waals surface area (Å²) >= 11 is 0. The van der Waals surface area contributed by atoms with Crippen molar-refractivity contribution in [3.05, 3.63) is 181 Å². The molecule has 0 aliphatic carbocycles. The maximum Gasteiger partial charge on any atom is 0.164 e. The molecule has 52 heavy (non-hydrogen) atoms. The largest absolute Gasteiger partial charge is 0.309 e. The molecule has 0 spiro atoms. The molecule has 0 aliphatic rings. The number of hydrogen-bond acceptors (Lipinski definition) is 4. The Kier molecular flexibility index (Phi) is 7.68. The zero-order valence-corrected chi connectivity index (χ0v) is 28.4. The first kappa shape index (κ1) is 30.9. The van der Waals surface area contributed by atoms with Crippen LogP contribution in [0.1, 0.15) is 11.1 Å². The average molecular weight is 666 g/mol. The third-order valence-corrected chi connectivity index (χ3v) is 9.67. The van der Waals surface area contributed by atoms with Crippen LogP contribution in [-0.2, 0) is 0 Å². The van der Waals surface area contributed by atoms with Crippen molar-refractivity contribution in [3.63, 3.8) is 0 Å². The highest BCUT2D eigenvalue weighted by Crippen LogP contribution is 2.40. The van der Waals surface area contributed by atoms with Gasteiger partial charge in [0.15, 0.2) is 17.5 Å². The molecule has 0 radical (unpaired) electrons. The van der Waals surface area contributed by atoms with Crippen LogP contribution >= 0.6 is 0 Å². The molecule has 0 aliphatic heterocycles. The summed E-state index contributed by atoms with van der Waals surface area (Å²) in [6, 6.07) is 60.3. The molecule has 2 aromatic heterocycles. The van der Waals surface area contributed by atoms with Gasteiger partial charge in [0.2, 0.25) is 0 Å². The summed E-state index contributed by atoms with van der Waals surface area (Å²) in [5, 5.41) is 12.7. The first-order chi connectivity index (χ1) is 25.7. The van der Waals surface area contributed by atoms with Crippen LogP contribution in [0.2, 0.25) is 0 Å². The fourth-order valence-electron chi connectivity index (χ4n) is 7.15. The molecule has 9 rings (SSSR count). The third kappa shape index (κ3) is 5.40. The van der Waals surface area contributed by atoms with Crippen molar-refractivity contribution in [2.45, 2.75) is 6.92 Å². The Hall–Kier alpha value is -7.16.